The van der Waals surface area contributed by atoms with E-state index in [1.807, 2.05) is 0 Å². The van der Waals surface area contributed by atoms with Crippen LogP contribution in [0.15, 0.2) is 0 Å². The molecule has 0 aromatic rings. The average Bonchev–Trinajstić information content (AvgIpc) is 2.71. The summed E-state index contributed by atoms with van der Waals surface area (Å²) in [4.78, 5) is 23.0. The van der Waals surface area contributed by atoms with Crippen LogP contribution in [0.5, 0.6) is 0 Å². The number of hydrogen-bond donors (Lipinski definition) is 1. The van der Waals surface area contributed by atoms with E-state index in [-0.39, 0.29) is 12.5 Å². The number of nitrogens with two attached hydrogens (primary N) is 1. The summed E-state index contributed by atoms with van der Waals surface area (Å²) in [5.41, 5.74) is 5.40. The molecule has 113 valence electrons. The maximum Gasteiger partial charge on any atom is 0.309 e. The smallest absolute Gasteiger partial charge is 0.309 e. The van der Waals surface area contributed by atoms with Gasteiger partial charge in [-0.1, -0.05) is 27.2 Å². The molecule has 1 saturated carbocycles. The van der Waals surface area contributed by atoms with Crippen molar-refractivity contribution in [2.45, 2.75) is 58.3 Å². The van der Waals surface area contributed by atoms with E-state index in [0.29, 0.717) is 17.8 Å². The van der Waals surface area contributed by atoms with Crippen LogP contribution in [0.1, 0.15) is 46.5 Å². The molecule has 5 nitrogen and oxygen atoms in total. The van der Waals surface area contributed by atoms with Gasteiger partial charge in [0, 0.05) is 0 Å². The van der Waals surface area contributed by atoms with Gasteiger partial charge in [0.1, 0.15) is 0 Å². The first kappa shape index (κ1) is 15.3. The molecule has 20 heavy (non-hydrogen) atoms. The lowest BCUT2D eigenvalue weighted by atomic mass is 9.75. The number of cyclic esters (lactones) is 1. The quantitative estimate of drug-likeness (QED) is 0.797. The first-order chi connectivity index (χ1) is 9.34. The van der Waals surface area contributed by atoms with Crippen LogP contribution in [0.25, 0.3) is 0 Å². The zero-order valence-electron chi connectivity index (χ0n) is 12.4. The number of amides is 1. The van der Waals surface area contributed by atoms with Crippen LogP contribution in [-0.2, 0) is 19.1 Å². The average molecular weight is 282 g/mol. The summed E-state index contributed by atoms with van der Waals surface area (Å²) in [6.45, 7) is 6.48. The van der Waals surface area contributed by atoms with E-state index in [4.69, 9.17) is 15.2 Å². The fourth-order valence-corrected chi connectivity index (χ4v) is 3.23. The molecule has 4 atom stereocenters. The third kappa shape index (κ3) is 2.97. The van der Waals surface area contributed by atoms with Gasteiger partial charge >= 0.3 is 5.97 Å². The van der Waals surface area contributed by atoms with Gasteiger partial charge < -0.3 is 15.2 Å². The maximum atomic E-state index is 11.7. The van der Waals surface area contributed by atoms with E-state index in [2.05, 4.69) is 20.8 Å². The van der Waals surface area contributed by atoms with Crippen molar-refractivity contribution in [2.75, 3.05) is 0 Å². The fraction of sp³-hybridized carbons (Fsp3) is 0.800. The van der Waals surface area contributed by atoms with Crippen LogP contribution in [0, 0.1) is 24.2 Å². The highest BCUT2D eigenvalue weighted by Crippen LogP contribution is 2.39. The molecule has 1 amide bonds. The van der Waals surface area contributed by atoms with E-state index in [1.54, 1.807) is 0 Å². The summed E-state index contributed by atoms with van der Waals surface area (Å²) in [5.74, 6) is -1.52. The van der Waals surface area contributed by atoms with Crippen molar-refractivity contribution < 1.29 is 19.1 Å². The van der Waals surface area contributed by atoms with Crippen LogP contribution in [0.3, 0.4) is 0 Å². The summed E-state index contributed by atoms with van der Waals surface area (Å²) >= 11 is 0. The Morgan fingerprint density at radius 3 is 2.70 bits per heavy atom. The van der Waals surface area contributed by atoms with Gasteiger partial charge in [0.05, 0.1) is 18.9 Å². The molecule has 0 unspecified atom stereocenters. The van der Waals surface area contributed by atoms with Crippen LogP contribution >= 0.6 is 0 Å². The lowest BCUT2D eigenvalue weighted by Crippen LogP contribution is -2.51. The van der Waals surface area contributed by atoms with Gasteiger partial charge in [-0.05, 0) is 30.6 Å². The Labute approximate surface area is 120 Å². The van der Waals surface area contributed by atoms with Gasteiger partial charge in [0.2, 0.25) is 0 Å². The minimum atomic E-state index is -1.66. The minimum absolute atomic E-state index is 0.0670. The maximum absolute atomic E-state index is 11.7. The lowest BCUT2D eigenvalue weighted by Gasteiger charge is -2.40. The molecular formula is C15H24NO4. The molecule has 0 aromatic carbocycles. The number of esters is 1. The van der Waals surface area contributed by atoms with Crippen molar-refractivity contribution in [1.29, 1.82) is 0 Å². The highest BCUT2D eigenvalue weighted by molar-refractivity contribution is 5.90. The Balaban J connectivity index is 2.15. The first-order valence-corrected chi connectivity index (χ1v) is 7.38. The number of carbonyl (C=O) groups is 2. The normalized spacial score (nSPS) is 38.0. The van der Waals surface area contributed by atoms with E-state index in [1.165, 1.54) is 6.42 Å². The molecule has 2 aliphatic rings. The molecule has 0 spiro atoms. The molecule has 1 radical (unpaired) electrons. The van der Waals surface area contributed by atoms with Gasteiger partial charge in [-0.2, -0.15) is 0 Å². The number of rotatable bonds is 4. The number of ether oxygens (including phenoxy) is 2. The molecule has 2 N–H and O–H groups in total. The van der Waals surface area contributed by atoms with E-state index >= 15 is 0 Å². The molecule has 2 fully saturated rings. The van der Waals surface area contributed by atoms with Crippen LogP contribution in [-0.4, -0.2) is 23.8 Å². The highest BCUT2D eigenvalue weighted by Gasteiger charge is 2.51. The van der Waals surface area contributed by atoms with Crippen molar-refractivity contribution in [1.82, 2.24) is 0 Å². The van der Waals surface area contributed by atoms with E-state index in [0.717, 1.165) is 19.3 Å². The van der Waals surface area contributed by atoms with Crippen molar-refractivity contribution in [3.8, 4) is 0 Å². The Morgan fingerprint density at radius 1 is 1.50 bits per heavy atom. The third-order valence-corrected chi connectivity index (χ3v) is 4.43. The van der Waals surface area contributed by atoms with E-state index < -0.39 is 17.7 Å². The lowest BCUT2D eigenvalue weighted by molar-refractivity contribution is -0.228. The second-order valence-electron chi connectivity index (χ2n) is 6.40. The molecule has 0 aromatic heterocycles. The number of primary amides is 1. The van der Waals surface area contributed by atoms with Gasteiger partial charge in [0.15, 0.2) is 0 Å². The number of carbonyl (C=O) groups excluding carboxylic acids is 2. The van der Waals surface area contributed by atoms with Crippen molar-refractivity contribution >= 4 is 11.9 Å². The number of hydrogen-bond acceptors (Lipinski definition) is 4. The molecule has 1 aliphatic carbocycles. The predicted molar refractivity (Wildman–Crippen MR) is 73.2 cm³/mol. The standard InChI is InChI=1S/C15H24NO4/c1-9(2)11-5-4-10(3)8-12(11)19-15(14(16)18)7-6-13(17)20-15/h7,9-12H,4-6,8H2,1-3H3,(H2,16,18)/t10-,11+,12-,15+/m0/s1. The molecule has 1 saturated heterocycles. The molecule has 1 heterocycles. The summed E-state index contributed by atoms with van der Waals surface area (Å²) in [5, 5.41) is 0. The predicted octanol–water partition coefficient (Wildman–Crippen LogP) is 1.80. The van der Waals surface area contributed by atoms with Crippen LogP contribution in [0.2, 0.25) is 0 Å². The summed E-state index contributed by atoms with van der Waals surface area (Å²) in [6.07, 6.45) is 4.51. The first-order valence-electron chi connectivity index (χ1n) is 7.38. The second-order valence-corrected chi connectivity index (χ2v) is 6.40. The fourth-order valence-electron chi connectivity index (χ4n) is 3.23. The zero-order valence-corrected chi connectivity index (χ0v) is 12.4. The van der Waals surface area contributed by atoms with Crippen molar-refractivity contribution in [3.63, 3.8) is 0 Å². The molecular weight excluding hydrogens is 258 g/mol. The Kier molecular flexibility index (Phi) is 4.37. The van der Waals surface area contributed by atoms with E-state index in [9.17, 15) is 9.59 Å². The third-order valence-electron chi connectivity index (χ3n) is 4.43. The molecule has 0 bridgehead atoms. The van der Waals surface area contributed by atoms with Gasteiger partial charge in [0.25, 0.3) is 11.7 Å². The Morgan fingerprint density at radius 2 is 2.20 bits per heavy atom. The topological polar surface area (TPSA) is 78.6 Å². The van der Waals surface area contributed by atoms with Crippen molar-refractivity contribution in [3.05, 3.63) is 6.42 Å². The van der Waals surface area contributed by atoms with Gasteiger partial charge in [-0.15, -0.1) is 0 Å². The summed E-state index contributed by atoms with van der Waals surface area (Å²) in [6, 6.07) is 0. The van der Waals surface area contributed by atoms with Crippen molar-refractivity contribution in [2.24, 2.45) is 23.5 Å². The Bertz CT molecular complexity index is 395. The molecule has 1 aliphatic heterocycles. The monoisotopic (exact) mass is 282 g/mol. The SMILES string of the molecule is CC(C)[C@H]1CC[C@H](C)C[C@@H]1O[C@]1(C(N)=O)[CH]CC(=O)O1. The highest BCUT2D eigenvalue weighted by atomic mass is 16.7. The largest absolute Gasteiger partial charge is 0.423 e. The van der Waals surface area contributed by atoms with Crippen LogP contribution in [0.4, 0.5) is 0 Å². The second kappa shape index (κ2) is 5.72. The minimum Gasteiger partial charge on any atom is -0.423 e. The van der Waals surface area contributed by atoms with Gasteiger partial charge in [-0.3, -0.25) is 9.59 Å². The summed E-state index contributed by atoms with van der Waals surface area (Å²) in [7, 11) is 0. The molecule has 5 heteroatoms. The molecule has 2 rings (SSSR count). The van der Waals surface area contributed by atoms with Gasteiger partial charge in [-0.25, -0.2) is 0 Å². The summed E-state index contributed by atoms with van der Waals surface area (Å²) < 4.78 is 11.0. The zero-order chi connectivity index (χ0) is 14.9. The Hall–Kier alpha value is -1.10. The van der Waals surface area contributed by atoms with Crippen LogP contribution < -0.4 is 5.73 Å².